The molecule has 1 saturated heterocycles. The Labute approximate surface area is 106 Å². The van der Waals surface area contributed by atoms with Gasteiger partial charge in [-0.05, 0) is 53.5 Å². The minimum Gasteiger partial charge on any atom is -0.381 e. The van der Waals surface area contributed by atoms with Gasteiger partial charge in [0, 0.05) is 24.6 Å². The second-order valence-corrected chi connectivity index (χ2v) is 5.70. The fourth-order valence-corrected chi connectivity index (χ4v) is 2.80. The van der Waals surface area contributed by atoms with Gasteiger partial charge in [-0.1, -0.05) is 0 Å². The summed E-state index contributed by atoms with van der Waals surface area (Å²) in [6.45, 7) is 11.0. The minimum absolute atomic E-state index is 0.209. The van der Waals surface area contributed by atoms with Gasteiger partial charge in [-0.15, -0.1) is 0 Å². The maximum atomic E-state index is 10.8. The summed E-state index contributed by atoms with van der Waals surface area (Å²) >= 11 is 0. The van der Waals surface area contributed by atoms with Gasteiger partial charge in [0.05, 0.1) is 6.61 Å². The standard InChI is InChI=1S/C14H27NO2/c1-12(2)15-9-5-7-14(15,4)8-11-17-10-6-13(3)16/h12H,5-11H2,1-4H3/t14-/m0/s1. The SMILES string of the molecule is CC(=O)CCOCC[C@]1(C)CCCN1C(C)C. The monoisotopic (exact) mass is 241 g/mol. The number of Topliss-reactive ketones (excluding diaryl/α,β-unsaturated/α-hetero) is 1. The van der Waals surface area contributed by atoms with Crippen molar-refractivity contribution in [2.24, 2.45) is 0 Å². The lowest BCUT2D eigenvalue weighted by atomic mass is 9.94. The van der Waals surface area contributed by atoms with Gasteiger partial charge in [0.2, 0.25) is 0 Å². The molecule has 1 atom stereocenters. The number of hydrogen-bond acceptors (Lipinski definition) is 3. The molecule has 0 bridgehead atoms. The van der Waals surface area contributed by atoms with E-state index in [4.69, 9.17) is 4.74 Å². The van der Waals surface area contributed by atoms with E-state index in [1.54, 1.807) is 6.92 Å². The largest absolute Gasteiger partial charge is 0.381 e. The number of carbonyl (C=O) groups is 1. The third-order valence-electron chi connectivity index (χ3n) is 3.81. The number of ketones is 1. The van der Waals surface area contributed by atoms with Crippen LogP contribution in [-0.4, -0.2) is 42.0 Å². The van der Waals surface area contributed by atoms with Gasteiger partial charge >= 0.3 is 0 Å². The summed E-state index contributed by atoms with van der Waals surface area (Å²) in [7, 11) is 0. The Morgan fingerprint density at radius 1 is 1.41 bits per heavy atom. The van der Waals surface area contributed by atoms with Crippen molar-refractivity contribution in [2.45, 2.75) is 65.0 Å². The highest BCUT2D eigenvalue weighted by molar-refractivity contribution is 5.75. The molecule has 0 amide bonds. The zero-order valence-corrected chi connectivity index (χ0v) is 11.8. The quantitative estimate of drug-likeness (QED) is 0.642. The Morgan fingerprint density at radius 3 is 2.71 bits per heavy atom. The van der Waals surface area contributed by atoms with Crippen molar-refractivity contribution < 1.29 is 9.53 Å². The fourth-order valence-electron chi connectivity index (χ4n) is 2.80. The molecular formula is C14H27NO2. The van der Waals surface area contributed by atoms with Crippen molar-refractivity contribution in [1.29, 1.82) is 0 Å². The van der Waals surface area contributed by atoms with Crippen LogP contribution >= 0.6 is 0 Å². The summed E-state index contributed by atoms with van der Waals surface area (Å²) < 4.78 is 5.55. The average molecular weight is 241 g/mol. The highest BCUT2D eigenvalue weighted by atomic mass is 16.5. The summed E-state index contributed by atoms with van der Waals surface area (Å²) in [5.41, 5.74) is 0.296. The van der Waals surface area contributed by atoms with Crippen molar-refractivity contribution >= 4 is 5.78 Å². The molecule has 1 aliphatic heterocycles. The van der Waals surface area contributed by atoms with Gasteiger partial charge in [0.25, 0.3) is 0 Å². The highest BCUT2D eigenvalue weighted by Gasteiger charge is 2.37. The van der Waals surface area contributed by atoms with Crippen LogP contribution < -0.4 is 0 Å². The molecule has 0 spiro atoms. The molecule has 0 aromatic carbocycles. The summed E-state index contributed by atoms with van der Waals surface area (Å²) in [6.07, 6.45) is 4.18. The smallest absolute Gasteiger partial charge is 0.132 e. The van der Waals surface area contributed by atoms with Crippen LogP contribution in [0.2, 0.25) is 0 Å². The van der Waals surface area contributed by atoms with E-state index in [2.05, 4.69) is 25.7 Å². The van der Waals surface area contributed by atoms with E-state index in [0.29, 0.717) is 24.6 Å². The molecule has 0 aromatic heterocycles. The van der Waals surface area contributed by atoms with E-state index in [1.807, 2.05) is 0 Å². The van der Waals surface area contributed by atoms with E-state index in [9.17, 15) is 4.79 Å². The lowest BCUT2D eigenvalue weighted by Gasteiger charge is -2.38. The Balaban J connectivity index is 2.27. The van der Waals surface area contributed by atoms with Gasteiger partial charge in [-0.3, -0.25) is 9.69 Å². The van der Waals surface area contributed by atoms with Crippen LogP contribution in [0.1, 0.15) is 53.4 Å². The maximum Gasteiger partial charge on any atom is 0.132 e. The summed E-state index contributed by atoms with van der Waals surface area (Å²) in [5.74, 6) is 0.209. The first kappa shape index (κ1) is 14.7. The highest BCUT2D eigenvalue weighted by Crippen LogP contribution is 2.33. The Morgan fingerprint density at radius 2 is 2.12 bits per heavy atom. The average Bonchev–Trinajstić information content (AvgIpc) is 2.59. The zero-order valence-electron chi connectivity index (χ0n) is 11.8. The molecule has 1 rings (SSSR count). The molecule has 0 aliphatic carbocycles. The van der Waals surface area contributed by atoms with Crippen LogP contribution in [-0.2, 0) is 9.53 Å². The van der Waals surface area contributed by atoms with Crippen molar-refractivity contribution in [3.05, 3.63) is 0 Å². The van der Waals surface area contributed by atoms with Crippen molar-refractivity contribution in [2.75, 3.05) is 19.8 Å². The first-order valence-electron chi connectivity index (χ1n) is 6.79. The van der Waals surface area contributed by atoms with Crippen LogP contribution in [0.15, 0.2) is 0 Å². The van der Waals surface area contributed by atoms with E-state index in [0.717, 1.165) is 13.0 Å². The molecule has 100 valence electrons. The molecule has 17 heavy (non-hydrogen) atoms. The first-order chi connectivity index (χ1) is 7.96. The van der Waals surface area contributed by atoms with Gasteiger partial charge in [0.15, 0.2) is 0 Å². The molecule has 1 aliphatic rings. The van der Waals surface area contributed by atoms with Gasteiger partial charge in [0.1, 0.15) is 5.78 Å². The molecule has 0 aromatic rings. The molecule has 0 unspecified atom stereocenters. The fraction of sp³-hybridized carbons (Fsp3) is 0.929. The van der Waals surface area contributed by atoms with E-state index in [1.165, 1.54) is 19.4 Å². The molecule has 1 heterocycles. The van der Waals surface area contributed by atoms with Gasteiger partial charge in [-0.25, -0.2) is 0 Å². The van der Waals surface area contributed by atoms with E-state index < -0.39 is 0 Å². The van der Waals surface area contributed by atoms with Crippen molar-refractivity contribution in [3.8, 4) is 0 Å². The number of nitrogens with zero attached hydrogens (tertiary/aromatic N) is 1. The number of ether oxygens (including phenoxy) is 1. The Bertz CT molecular complexity index is 253. The predicted octanol–water partition coefficient (Wildman–Crippen LogP) is 2.64. The van der Waals surface area contributed by atoms with Crippen molar-refractivity contribution in [1.82, 2.24) is 4.90 Å². The topological polar surface area (TPSA) is 29.5 Å². The van der Waals surface area contributed by atoms with Crippen LogP contribution in [0, 0.1) is 0 Å². The molecule has 0 radical (unpaired) electrons. The van der Waals surface area contributed by atoms with Crippen LogP contribution in [0.25, 0.3) is 0 Å². The Hall–Kier alpha value is -0.410. The summed E-state index contributed by atoms with van der Waals surface area (Å²) in [5, 5.41) is 0. The van der Waals surface area contributed by atoms with Crippen LogP contribution in [0.3, 0.4) is 0 Å². The second kappa shape index (κ2) is 6.50. The van der Waals surface area contributed by atoms with E-state index in [-0.39, 0.29) is 5.78 Å². The second-order valence-electron chi connectivity index (χ2n) is 5.70. The molecule has 0 saturated carbocycles. The number of rotatable bonds is 7. The lowest BCUT2D eigenvalue weighted by molar-refractivity contribution is -0.118. The molecular weight excluding hydrogens is 214 g/mol. The summed E-state index contributed by atoms with van der Waals surface area (Å²) in [6, 6.07) is 0.611. The molecule has 3 heteroatoms. The molecule has 1 fully saturated rings. The van der Waals surface area contributed by atoms with E-state index >= 15 is 0 Å². The predicted molar refractivity (Wildman–Crippen MR) is 70.2 cm³/mol. The number of hydrogen-bond donors (Lipinski definition) is 0. The molecule has 3 nitrogen and oxygen atoms in total. The number of likely N-dealkylation sites (tertiary alicyclic amines) is 1. The minimum atomic E-state index is 0.209. The first-order valence-corrected chi connectivity index (χ1v) is 6.79. The Kier molecular flexibility index (Phi) is 5.60. The lowest BCUT2D eigenvalue weighted by Crippen LogP contribution is -2.45. The zero-order chi connectivity index (χ0) is 12.9. The third-order valence-corrected chi connectivity index (χ3v) is 3.81. The van der Waals surface area contributed by atoms with Crippen LogP contribution in [0.4, 0.5) is 0 Å². The molecule has 0 N–H and O–H groups in total. The van der Waals surface area contributed by atoms with Gasteiger partial charge in [-0.2, -0.15) is 0 Å². The number of carbonyl (C=O) groups excluding carboxylic acids is 1. The summed E-state index contributed by atoms with van der Waals surface area (Å²) in [4.78, 5) is 13.4. The van der Waals surface area contributed by atoms with Gasteiger partial charge < -0.3 is 4.74 Å². The maximum absolute atomic E-state index is 10.8. The van der Waals surface area contributed by atoms with Crippen LogP contribution in [0.5, 0.6) is 0 Å². The third kappa shape index (κ3) is 4.40. The van der Waals surface area contributed by atoms with Crippen molar-refractivity contribution in [3.63, 3.8) is 0 Å². The normalized spacial score (nSPS) is 25.7.